The Morgan fingerprint density at radius 3 is 2.28 bits per heavy atom. The molecule has 2 rings (SSSR count). The van der Waals surface area contributed by atoms with Crippen LogP contribution in [0.3, 0.4) is 0 Å². The Bertz CT molecular complexity index is 236. The third-order valence-corrected chi connectivity index (χ3v) is 4.03. The van der Waals surface area contributed by atoms with E-state index in [1.807, 2.05) is 0 Å². The summed E-state index contributed by atoms with van der Waals surface area (Å²) in [6, 6.07) is 0.971. The maximum Gasteiger partial charge on any atom is 0.00965 e. The van der Waals surface area contributed by atoms with Crippen LogP contribution >= 0.6 is 0 Å². The summed E-state index contributed by atoms with van der Waals surface area (Å²) in [5.41, 5.74) is 0.284. The zero-order valence-electron chi connectivity index (χ0n) is 12.7. The second-order valence-corrected chi connectivity index (χ2v) is 7.41. The molecular formula is C16H32N2. The summed E-state index contributed by atoms with van der Waals surface area (Å²) in [7, 11) is 0. The van der Waals surface area contributed by atoms with Crippen LogP contribution in [0.4, 0.5) is 0 Å². The minimum absolute atomic E-state index is 0.284. The Morgan fingerprint density at radius 1 is 1.00 bits per heavy atom. The molecule has 0 atom stereocenters. The molecule has 2 saturated carbocycles. The van der Waals surface area contributed by atoms with Gasteiger partial charge in [-0.1, -0.05) is 6.42 Å². The fraction of sp³-hybridized carbons (Fsp3) is 1.00. The minimum atomic E-state index is 0.284. The standard InChI is InChI=1S/C16H32N2/c1-16(2,3)17-11-5-4-6-12-18(15-9-10-15)13-14-7-8-14/h14-15,17H,4-13H2,1-3H3. The molecule has 0 amide bonds. The van der Waals surface area contributed by atoms with E-state index in [2.05, 4.69) is 31.0 Å². The predicted octanol–water partition coefficient (Wildman–Crippen LogP) is 3.42. The van der Waals surface area contributed by atoms with Gasteiger partial charge in [0.05, 0.1) is 0 Å². The van der Waals surface area contributed by atoms with E-state index < -0.39 is 0 Å². The van der Waals surface area contributed by atoms with Gasteiger partial charge in [0.2, 0.25) is 0 Å². The van der Waals surface area contributed by atoms with E-state index in [1.54, 1.807) is 0 Å². The molecule has 106 valence electrons. The lowest BCUT2D eigenvalue weighted by Gasteiger charge is -2.22. The molecule has 0 aromatic heterocycles. The molecule has 2 aliphatic rings. The van der Waals surface area contributed by atoms with Crippen molar-refractivity contribution in [2.45, 2.75) is 77.3 Å². The Labute approximate surface area is 114 Å². The highest BCUT2D eigenvalue weighted by molar-refractivity contribution is 4.88. The normalized spacial score (nSPS) is 20.7. The highest BCUT2D eigenvalue weighted by Gasteiger charge is 2.32. The quantitative estimate of drug-likeness (QED) is 0.633. The molecule has 2 aliphatic carbocycles. The maximum atomic E-state index is 3.57. The maximum absolute atomic E-state index is 3.57. The molecule has 0 heterocycles. The van der Waals surface area contributed by atoms with E-state index in [9.17, 15) is 0 Å². The van der Waals surface area contributed by atoms with Crippen LogP contribution < -0.4 is 5.32 Å². The number of hydrogen-bond acceptors (Lipinski definition) is 2. The van der Waals surface area contributed by atoms with Crippen LogP contribution in [0.2, 0.25) is 0 Å². The van der Waals surface area contributed by atoms with Crippen molar-refractivity contribution in [3.63, 3.8) is 0 Å². The van der Waals surface area contributed by atoms with Gasteiger partial charge >= 0.3 is 0 Å². The molecular weight excluding hydrogens is 220 g/mol. The van der Waals surface area contributed by atoms with Crippen molar-refractivity contribution in [3.05, 3.63) is 0 Å². The SMILES string of the molecule is CC(C)(C)NCCCCCN(CC1CC1)C1CC1. The Hall–Kier alpha value is -0.0800. The number of rotatable bonds is 9. The van der Waals surface area contributed by atoms with E-state index in [4.69, 9.17) is 0 Å². The summed E-state index contributed by atoms with van der Waals surface area (Å²) < 4.78 is 0. The van der Waals surface area contributed by atoms with Gasteiger partial charge in [-0.25, -0.2) is 0 Å². The van der Waals surface area contributed by atoms with Crippen molar-refractivity contribution < 1.29 is 0 Å². The number of unbranched alkanes of at least 4 members (excludes halogenated alkanes) is 2. The van der Waals surface area contributed by atoms with Crippen LogP contribution in [0.5, 0.6) is 0 Å². The molecule has 2 nitrogen and oxygen atoms in total. The molecule has 0 radical (unpaired) electrons. The van der Waals surface area contributed by atoms with Gasteiger partial charge in [-0.05, 0) is 78.3 Å². The summed E-state index contributed by atoms with van der Waals surface area (Å²) in [6.07, 6.45) is 10.1. The van der Waals surface area contributed by atoms with Crippen LogP contribution in [-0.4, -0.2) is 36.1 Å². The second-order valence-electron chi connectivity index (χ2n) is 7.41. The Morgan fingerprint density at radius 2 is 1.72 bits per heavy atom. The van der Waals surface area contributed by atoms with Crippen LogP contribution in [0.1, 0.15) is 65.7 Å². The summed E-state index contributed by atoms with van der Waals surface area (Å²) in [5.74, 6) is 1.06. The highest BCUT2D eigenvalue weighted by Crippen LogP contribution is 2.34. The molecule has 0 aromatic carbocycles. The van der Waals surface area contributed by atoms with Gasteiger partial charge in [-0.2, -0.15) is 0 Å². The summed E-state index contributed by atoms with van der Waals surface area (Å²) >= 11 is 0. The van der Waals surface area contributed by atoms with Gasteiger partial charge in [0.25, 0.3) is 0 Å². The van der Waals surface area contributed by atoms with Gasteiger partial charge in [0, 0.05) is 18.1 Å². The summed E-state index contributed by atoms with van der Waals surface area (Å²) in [5, 5.41) is 3.57. The van der Waals surface area contributed by atoms with E-state index in [1.165, 1.54) is 64.6 Å². The lowest BCUT2D eigenvalue weighted by molar-refractivity contribution is 0.246. The first-order valence-electron chi connectivity index (χ1n) is 8.04. The first kappa shape index (κ1) is 14.3. The van der Waals surface area contributed by atoms with Gasteiger partial charge in [-0.15, -0.1) is 0 Å². The van der Waals surface area contributed by atoms with Gasteiger partial charge < -0.3 is 10.2 Å². The predicted molar refractivity (Wildman–Crippen MR) is 78.9 cm³/mol. The van der Waals surface area contributed by atoms with Gasteiger partial charge in [-0.3, -0.25) is 0 Å². The van der Waals surface area contributed by atoms with Gasteiger partial charge in [0.1, 0.15) is 0 Å². The zero-order chi connectivity index (χ0) is 13.0. The molecule has 18 heavy (non-hydrogen) atoms. The lowest BCUT2D eigenvalue weighted by atomic mass is 10.1. The van der Waals surface area contributed by atoms with Crippen LogP contribution in [0.15, 0.2) is 0 Å². The Balaban J connectivity index is 1.48. The average molecular weight is 252 g/mol. The zero-order valence-corrected chi connectivity index (χ0v) is 12.7. The topological polar surface area (TPSA) is 15.3 Å². The third kappa shape index (κ3) is 6.19. The smallest absolute Gasteiger partial charge is 0.00965 e. The van der Waals surface area contributed by atoms with Crippen molar-refractivity contribution in [1.82, 2.24) is 10.2 Å². The average Bonchev–Trinajstić information content (AvgIpc) is 3.13. The molecule has 0 unspecified atom stereocenters. The fourth-order valence-electron chi connectivity index (χ4n) is 2.57. The van der Waals surface area contributed by atoms with Crippen molar-refractivity contribution in [2.75, 3.05) is 19.6 Å². The van der Waals surface area contributed by atoms with E-state index in [0.717, 1.165) is 12.0 Å². The molecule has 1 N–H and O–H groups in total. The Kier molecular flexibility index (Phi) is 5.08. The van der Waals surface area contributed by atoms with Crippen molar-refractivity contribution in [3.8, 4) is 0 Å². The van der Waals surface area contributed by atoms with Crippen molar-refractivity contribution >= 4 is 0 Å². The fourth-order valence-corrected chi connectivity index (χ4v) is 2.57. The third-order valence-electron chi connectivity index (χ3n) is 4.03. The minimum Gasteiger partial charge on any atom is -0.312 e. The largest absolute Gasteiger partial charge is 0.312 e. The van der Waals surface area contributed by atoms with E-state index >= 15 is 0 Å². The molecule has 0 bridgehead atoms. The second kappa shape index (κ2) is 6.38. The summed E-state index contributed by atoms with van der Waals surface area (Å²) in [6.45, 7) is 10.7. The number of nitrogens with one attached hydrogen (secondary N) is 1. The molecule has 2 fully saturated rings. The molecule has 0 aromatic rings. The highest BCUT2D eigenvalue weighted by atomic mass is 15.2. The van der Waals surface area contributed by atoms with Gasteiger partial charge in [0.15, 0.2) is 0 Å². The summed E-state index contributed by atoms with van der Waals surface area (Å²) in [4.78, 5) is 2.79. The molecule has 0 aliphatic heterocycles. The van der Waals surface area contributed by atoms with E-state index in [0.29, 0.717) is 0 Å². The van der Waals surface area contributed by atoms with E-state index in [-0.39, 0.29) is 5.54 Å². The van der Waals surface area contributed by atoms with Crippen molar-refractivity contribution in [2.24, 2.45) is 5.92 Å². The first-order valence-corrected chi connectivity index (χ1v) is 8.04. The van der Waals surface area contributed by atoms with Crippen LogP contribution in [0.25, 0.3) is 0 Å². The lowest BCUT2D eigenvalue weighted by Crippen LogP contribution is -2.36. The number of hydrogen-bond donors (Lipinski definition) is 1. The number of nitrogens with zero attached hydrogens (tertiary/aromatic N) is 1. The van der Waals surface area contributed by atoms with Crippen LogP contribution in [-0.2, 0) is 0 Å². The molecule has 0 saturated heterocycles. The van der Waals surface area contributed by atoms with Crippen molar-refractivity contribution in [1.29, 1.82) is 0 Å². The molecule has 0 spiro atoms. The monoisotopic (exact) mass is 252 g/mol. The van der Waals surface area contributed by atoms with Crippen LogP contribution in [0, 0.1) is 5.92 Å². The first-order chi connectivity index (χ1) is 8.54. The molecule has 2 heteroatoms.